The molecular weight excluding hydrogens is 302 g/mol. The quantitative estimate of drug-likeness (QED) is 0.740. The molecule has 0 unspecified atom stereocenters. The highest BCUT2D eigenvalue weighted by atomic mass is 16.5. The first-order valence-corrected chi connectivity index (χ1v) is 8.41. The minimum absolute atomic E-state index is 0.0172. The topological polar surface area (TPSA) is 59.2 Å². The smallest absolute Gasteiger partial charge is 0.232 e. The molecule has 1 aliphatic heterocycles. The number of carbonyl (C=O) groups is 1. The maximum atomic E-state index is 12.6. The van der Waals surface area contributed by atoms with Gasteiger partial charge in [0.05, 0.1) is 11.6 Å². The molecule has 1 saturated carbocycles. The van der Waals surface area contributed by atoms with Gasteiger partial charge in [0.2, 0.25) is 11.8 Å². The summed E-state index contributed by atoms with van der Waals surface area (Å²) >= 11 is 0. The van der Waals surface area contributed by atoms with Crippen molar-refractivity contribution in [2.45, 2.75) is 31.1 Å². The van der Waals surface area contributed by atoms with Crippen molar-refractivity contribution in [3.05, 3.63) is 54.2 Å². The Balaban J connectivity index is 1.47. The Morgan fingerprint density at radius 3 is 2.75 bits per heavy atom. The Labute approximate surface area is 139 Å². The molecule has 1 saturated heterocycles. The average molecular weight is 319 g/mol. The monoisotopic (exact) mass is 319 g/mol. The van der Waals surface area contributed by atoms with Gasteiger partial charge in [-0.1, -0.05) is 41.6 Å². The number of hydrogen-bond donors (Lipinski definition) is 0. The highest BCUT2D eigenvalue weighted by Crippen LogP contribution is 2.40. The Bertz CT molecular complexity index is 924. The van der Waals surface area contributed by atoms with Crippen LogP contribution in [-0.2, 0) is 4.79 Å². The molecule has 5 nitrogen and oxygen atoms in total. The van der Waals surface area contributed by atoms with E-state index in [2.05, 4.69) is 28.3 Å². The summed E-state index contributed by atoms with van der Waals surface area (Å²) < 4.78 is 5.43. The van der Waals surface area contributed by atoms with Crippen LogP contribution in [-0.4, -0.2) is 22.6 Å². The van der Waals surface area contributed by atoms with Crippen LogP contribution in [0.2, 0.25) is 0 Å². The van der Waals surface area contributed by atoms with Crippen molar-refractivity contribution in [1.29, 1.82) is 0 Å². The van der Waals surface area contributed by atoms with Crippen LogP contribution in [0.1, 0.15) is 42.8 Å². The summed E-state index contributed by atoms with van der Waals surface area (Å²) in [6, 6.07) is 14.2. The molecule has 3 aromatic rings. The molecule has 120 valence electrons. The maximum absolute atomic E-state index is 12.6. The van der Waals surface area contributed by atoms with E-state index in [0.717, 1.165) is 35.1 Å². The molecule has 2 heterocycles. The lowest BCUT2D eigenvalue weighted by molar-refractivity contribution is -0.117. The Morgan fingerprint density at radius 1 is 1.04 bits per heavy atom. The molecule has 1 aliphatic carbocycles. The Hall–Kier alpha value is -2.69. The number of anilines is 1. The van der Waals surface area contributed by atoms with E-state index in [1.54, 1.807) is 0 Å². The van der Waals surface area contributed by atoms with E-state index in [1.807, 2.05) is 29.2 Å². The number of amides is 1. The number of hydrogen-bond acceptors (Lipinski definition) is 4. The molecule has 1 aromatic heterocycles. The number of aromatic nitrogens is 2. The lowest BCUT2D eigenvalue weighted by Crippen LogP contribution is -2.24. The normalized spacial score (nSPS) is 20.9. The standard InChI is InChI=1S/C19H17N3O2/c23-17-10-14(19-20-18(21-24-19)13-8-9-13)11-22(17)16-7-3-5-12-4-1-2-6-15(12)16/h1-7,13-14H,8-11H2/t14-/m0/s1. The predicted octanol–water partition coefficient (Wildman–Crippen LogP) is 3.62. The fourth-order valence-corrected chi connectivity index (χ4v) is 3.47. The minimum atomic E-state index is -0.0172. The molecule has 2 aliphatic rings. The summed E-state index contributed by atoms with van der Waals surface area (Å²) in [6.45, 7) is 0.596. The summed E-state index contributed by atoms with van der Waals surface area (Å²) in [4.78, 5) is 19.0. The van der Waals surface area contributed by atoms with Gasteiger partial charge in [-0.25, -0.2) is 0 Å². The van der Waals surface area contributed by atoms with Crippen molar-refractivity contribution in [2.75, 3.05) is 11.4 Å². The number of fused-ring (bicyclic) bond motifs is 1. The van der Waals surface area contributed by atoms with Gasteiger partial charge >= 0.3 is 0 Å². The second kappa shape index (κ2) is 5.16. The third kappa shape index (κ3) is 2.19. The van der Waals surface area contributed by atoms with E-state index in [-0.39, 0.29) is 11.8 Å². The van der Waals surface area contributed by atoms with E-state index in [9.17, 15) is 4.79 Å². The molecule has 5 rings (SSSR count). The van der Waals surface area contributed by atoms with Gasteiger partial charge in [-0.15, -0.1) is 0 Å². The van der Waals surface area contributed by atoms with Gasteiger partial charge in [0.1, 0.15) is 0 Å². The van der Waals surface area contributed by atoms with Gasteiger partial charge in [-0.05, 0) is 24.3 Å². The molecule has 5 heteroatoms. The van der Waals surface area contributed by atoms with Crippen molar-refractivity contribution in [2.24, 2.45) is 0 Å². The van der Waals surface area contributed by atoms with Crippen molar-refractivity contribution < 1.29 is 9.32 Å². The van der Waals surface area contributed by atoms with Gasteiger partial charge in [0.25, 0.3) is 0 Å². The van der Waals surface area contributed by atoms with E-state index in [1.165, 1.54) is 0 Å². The van der Waals surface area contributed by atoms with Gasteiger partial charge in [0.15, 0.2) is 5.82 Å². The second-order valence-corrected chi connectivity index (χ2v) is 6.67. The number of benzene rings is 2. The molecule has 1 amide bonds. The predicted molar refractivity (Wildman–Crippen MR) is 89.9 cm³/mol. The molecule has 0 radical (unpaired) electrons. The van der Waals surface area contributed by atoms with Crippen LogP contribution in [0.3, 0.4) is 0 Å². The van der Waals surface area contributed by atoms with Crippen LogP contribution in [0, 0.1) is 0 Å². The summed E-state index contributed by atoms with van der Waals surface area (Å²) in [5, 5.41) is 6.31. The van der Waals surface area contributed by atoms with Crippen LogP contribution < -0.4 is 4.90 Å². The molecule has 2 aromatic carbocycles. The van der Waals surface area contributed by atoms with Crippen LogP contribution >= 0.6 is 0 Å². The van der Waals surface area contributed by atoms with Crippen LogP contribution in [0.5, 0.6) is 0 Å². The van der Waals surface area contributed by atoms with Gasteiger partial charge in [0, 0.05) is 24.3 Å². The summed E-state index contributed by atoms with van der Waals surface area (Å²) in [7, 11) is 0. The van der Waals surface area contributed by atoms with Crippen molar-refractivity contribution in [3.63, 3.8) is 0 Å². The number of carbonyl (C=O) groups excluding carboxylic acids is 1. The van der Waals surface area contributed by atoms with Crippen LogP contribution in [0.15, 0.2) is 47.0 Å². The van der Waals surface area contributed by atoms with Crippen LogP contribution in [0.25, 0.3) is 10.8 Å². The highest BCUT2D eigenvalue weighted by molar-refractivity contribution is 6.05. The van der Waals surface area contributed by atoms with E-state index in [0.29, 0.717) is 24.8 Å². The van der Waals surface area contributed by atoms with E-state index < -0.39 is 0 Å². The molecule has 0 bridgehead atoms. The highest BCUT2D eigenvalue weighted by Gasteiger charge is 2.37. The molecular formula is C19H17N3O2. The number of rotatable bonds is 3. The van der Waals surface area contributed by atoms with Crippen molar-refractivity contribution in [1.82, 2.24) is 10.1 Å². The average Bonchev–Trinajstić information content (AvgIpc) is 3.22. The second-order valence-electron chi connectivity index (χ2n) is 6.67. The van der Waals surface area contributed by atoms with E-state index in [4.69, 9.17) is 4.52 Å². The third-order valence-electron chi connectivity index (χ3n) is 4.93. The zero-order chi connectivity index (χ0) is 16.1. The minimum Gasteiger partial charge on any atom is -0.339 e. The summed E-state index contributed by atoms with van der Waals surface area (Å²) in [5.74, 6) is 1.97. The number of nitrogens with zero attached hydrogens (tertiary/aromatic N) is 3. The summed E-state index contributed by atoms with van der Waals surface area (Å²) in [6.07, 6.45) is 2.71. The fourth-order valence-electron chi connectivity index (χ4n) is 3.47. The van der Waals surface area contributed by atoms with Gasteiger partial charge in [-0.2, -0.15) is 4.98 Å². The third-order valence-corrected chi connectivity index (χ3v) is 4.93. The van der Waals surface area contributed by atoms with Gasteiger partial charge in [-0.3, -0.25) is 4.79 Å². The Morgan fingerprint density at radius 2 is 1.88 bits per heavy atom. The largest absolute Gasteiger partial charge is 0.339 e. The molecule has 1 atom stereocenters. The van der Waals surface area contributed by atoms with E-state index >= 15 is 0 Å². The Kier molecular flexibility index (Phi) is 2.95. The SMILES string of the molecule is O=C1C[C@H](c2nc(C3CC3)no2)CN1c1cccc2ccccc12. The van der Waals surface area contributed by atoms with Crippen molar-refractivity contribution in [3.8, 4) is 0 Å². The van der Waals surface area contributed by atoms with Crippen molar-refractivity contribution >= 4 is 22.4 Å². The first-order valence-electron chi connectivity index (χ1n) is 8.41. The first kappa shape index (κ1) is 13.7. The van der Waals surface area contributed by atoms with Crippen LogP contribution in [0.4, 0.5) is 5.69 Å². The molecule has 24 heavy (non-hydrogen) atoms. The lowest BCUT2D eigenvalue weighted by atomic mass is 10.1. The zero-order valence-corrected chi connectivity index (χ0v) is 13.2. The summed E-state index contributed by atoms with van der Waals surface area (Å²) in [5.41, 5.74) is 0.961. The molecule has 0 N–H and O–H groups in total. The lowest BCUT2D eigenvalue weighted by Gasteiger charge is -2.18. The maximum Gasteiger partial charge on any atom is 0.232 e. The molecule has 0 spiro atoms. The molecule has 2 fully saturated rings. The van der Waals surface area contributed by atoms with Gasteiger partial charge < -0.3 is 9.42 Å². The fraction of sp³-hybridized carbons (Fsp3) is 0.316. The zero-order valence-electron chi connectivity index (χ0n) is 13.2. The first-order chi connectivity index (χ1) is 11.8.